The molecule has 0 fully saturated rings. The highest BCUT2D eigenvalue weighted by atomic mass is 35.5. The summed E-state index contributed by atoms with van der Waals surface area (Å²) in [5.41, 5.74) is 1.74. The van der Waals surface area contributed by atoms with Crippen LogP contribution in [0.1, 0.15) is 11.4 Å². The molecule has 0 saturated carbocycles. The zero-order chi connectivity index (χ0) is 19.9. The van der Waals surface area contributed by atoms with Gasteiger partial charge in [0.25, 0.3) is 0 Å². The van der Waals surface area contributed by atoms with Crippen molar-refractivity contribution < 1.29 is 12.8 Å². The second-order valence-electron chi connectivity index (χ2n) is 6.28. The first-order chi connectivity index (χ1) is 12.6. The van der Waals surface area contributed by atoms with Crippen molar-refractivity contribution >= 4 is 38.8 Å². The van der Waals surface area contributed by atoms with Crippen LogP contribution in [0.4, 0.5) is 4.39 Å². The summed E-state index contributed by atoms with van der Waals surface area (Å²) in [5, 5.41) is 4.53. The molecule has 27 heavy (non-hydrogen) atoms. The molecule has 0 amide bonds. The number of benzene rings is 1. The van der Waals surface area contributed by atoms with Crippen LogP contribution in [0.25, 0.3) is 5.65 Å². The van der Waals surface area contributed by atoms with Crippen molar-refractivity contribution in [2.45, 2.75) is 28.3 Å². The number of rotatable bonds is 5. The number of fused-ring (bicyclic) bond motifs is 1. The monoisotopic (exact) mass is 428 g/mol. The van der Waals surface area contributed by atoms with Crippen molar-refractivity contribution in [1.29, 1.82) is 0 Å². The number of halogens is 2. The van der Waals surface area contributed by atoms with Crippen molar-refractivity contribution in [2.24, 2.45) is 0 Å². The van der Waals surface area contributed by atoms with Gasteiger partial charge in [-0.1, -0.05) is 11.6 Å². The summed E-state index contributed by atoms with van der Waals surface area (Å²) in [6.45, 7) is 2.37. The zero-order valence-electron chi connectivity index (χ0n) is 15.2. The first-order valence-electron chi connectivity index (χ1n) is 7.93. The van der Waals surface area contributed by atoms with Gasteiger partial charge in [0.05, 0.1) is 15.6 Å². The molecule has 0 aliphatic carbocycles. The maximum atomic E-state index is 13.5. The third-order valence-corrected chi connectivity index (χ3v) is 6.74. The Balaban J connectivity index is 2.32. The van der Waals surface area contributed by atoms with Gasteiger partial charge in [0.15, 0.2) is 10.5 Å². The van der Waals surface area contributed by atoms with E-state index >= 15 is 0 Å². The maximum Gasteiger partial charge on any atom is 0.213 e. The Labute approximate surface area is 166 Å². The predicted octanol–water partition coefficient (Wildman–Crippen LogP) is 3.45. The van der Waals surface area contributed by atoms with E-state index in [1.807, 2.05) is 25.1 Å². The number of hydrogen-bond donors (Lipinski definition) is 0. The SMILES string of the molecule is CSc1nn2c(CN(C)C)cc(C)nc2c1S(=O)(=O)c1ccc(F)c(Cl)c1. The van der Waals surface area contributed by atoms with Crippen molar-refractivity contribution in [1.82, 2.24) is 19.5 Å². The fourth-order valence-electron chi connectivity index (χ4n) is 2.74. The molecule has 0 saturated heterocycles. The standard InChI is InChI=1S/C17H18ClFN4O2S2/c1-10-7-11(9-22(2)3)23-16(20-10)15(17(21-23)26-4)27(24,25)12-5-6-14(19)13(18)8-12/h5-8H,9H2,1-4H3. The Morgan fingerprint density at radius 2 is 2.00 bits per heavy atom. The lowest BCUT2D eigenvalue weighted by atomic mass is 10.3. The van der Waals surface area contributed by atoms with Crippen molar-refractivity contribution in [2.75, 3.05) is 20.4 Å². The molecule has 6 nitrogen and oxygen atoms in total. The van der Waals surface area contributed by atoms with Gasteiger partial charge in [0.1, 0.15) is 10.8 Å². The average molecular weight is 429 g/mol. The Morgan fingerprint density at radius 3 is 2.59 bits per heavy atom. The van der Waals surface area contributed by atoms with E-state index in [2.05, 4.69) is 10.1 Å². The lowest BCUT2D eigenvalue weighted by molar-refractivity contribution is 0.391. The molecule has 144 valence electrons. The minimum Gasteiger partial charge on any atom is -0.304 e. The van der Waals surface area contributed by atoms with E-state index in [4.69, 9.17) is 11.6 Å². The van der Waals surface area contributed by atoms with Crippen LogP contribution in [0.15, 0.2) is 39.1 Å². The third-order valence-electron chi connectivity index (χ3n) is 3.86. The molecule has 0 atom stereocenters. The van der Waals surface area contributed by atoms with Crippen LogP contribution in [0.3, 0.4) is 0 Å². The molecule has 2 heterocycles. The van der Waals surface area contributed by atoms with Crippen LogP contribution in [0, 0.1) is 12.7 Å². The van der Waals surface area contributed by atoms with E-state index in [1.165, 1.54) is 17.8 Å². The zero-order valence-corrected chi connectivity index (χ0v) is 17.6. The number of sulfone groups is 1. The van der Waals surface area contributed by atoms with Gasteiger partial charge in [-0.05, 0) is 51.5 Å². The van der Waals surface area contributed by atoms with Crippen molar-refractivity contribution in [3.8, 4) is 0 Å². The fourth-order valence-corrected chi connectivity index (χ4v) is 5.41. The number of aromatic nitrogens is 3. The highest BCUT2D eigenvalue weighted by molar-refractivity contribution is 7.99. The van der Waals surface area contributed by atoms with E-state index in [1.54, 1.807) is 17.7 Å². The van der Waals surface area contributed by atoms with Crippen molar-refractivity contribution in [3.63, 3.8) is 0 Å². The molecular formula is C17H18ClFN4O2S2. The maximum absolute atomic E-state index is 13.5. The smallest absolute Gasteiger partial charge is 0.213 e. The molecule has 0 radical (unpaired) electrons. The second kappa shape index (κ2) is 7.38. The molecule has 3 rings (SSSR count). The fraction of sp³-hybridized carbons (Fsp3) is 0.294. The van der Waals surface area contributed by atoms with Gasteiger partial charge >= 0.3 is 0 Å². The van der Waals surface area contributed by atoms with Crippen LogP contribution >= 0.6 is 23.4 Å². The van der Waals surface area contributed by atoms with Gasteiger partial charge in [-0.3, -0.25) is 0 Å². The molecule has 2 aromatic heterocycles. The number of aryl methyl sites for hydroxylation is 1. The predicted molar refractivity (Wildman–Crippen MR) is 104 cm³/mol. The quantitative estimate of drug-likeness (QED) is 0.458. The van der Waals surface area contributed by atoms with E-state index in [9.17, 15) is 12.8 Å². The summed E-state index contributed by atoms with van der Waals surface area (Å²) in [6.07, 6.45) is 1.75. The summed E-state index contributed by atoms with van der Waals surface area (Å²) < 4.78 is 41.6. The summed E-state index contributed by atoms with van der Waals surface area (Å²) >= 11 is 7.01. The highest BCUT2D eigenvalue weighted by Gasteiger charge is 2.30. The normalized spacial score (nSPS) is 12.3. The Kier molecular flexibility index (Phi) is 5.49. The van der Waals surface area contributed by atoms with Gasteiger partial charge in [0.2, 0.25) is 9.84 Å². The molecule has 0 unspecified atom stereocenters. The van der Waals surface area contributed by atoms with Gasteiger partial charge in [-0.15, -0.1) is 11.8 Å². The van der Waals surface area contributed by atoms with E-state index in [0.717, 1.165) is 17.8 Å². The Morgan fingerprint density at radius 1 is 1.30 bits per heavy atom. The lowest BCUT2D eigenvalue weighted by Crippen LogP contribution is -2.15. The molecule has 0 N–H and O–H groups in total. The second-order valence-corrected chi connectivity index (χ2v) is 9.37. The van der Waals surface area contributed by atoms with Gasteiger partial charge < -0.3 is 4.90 Å². The average Bonchev–Trinajstić information content (AvgIpc) is 2.96. The largest absolute Gasteiger partial charge is 0.304 e. The molecule has 10 heteroatoms. The summed E-state index contributed by atoms with van der Waals surface area (Å²) in [5.74, 6) is -0.678. The van der Waals surface area contributed by atoms with Crippen LogP contribution < -0.4 is 0 Å². The molecule has 0 aliphatic rings. The first-order valence-corrected chi connectivity index (χ1v) is 11.0. The molecule has 3 aromatic rings. The van der Waals surface area contributed by atoms with Gasteiger partial charge in [0, 0.05) is 12.2 Å². The van der Waals surface area contributed by atoms with E-state index in [0.29, 0.717) is 17.3 Å². The summed E-state index contributed by atoms with van der Waals surface area (Å²) in [6, 6.07) is 5.21. The minimum atomic E-state index is -4.00. The molecule has 0 spiro atoms. The summed E-state index contributed by atoms with van der Waals surface area (Å²) in [7, 11) is -0.167. The molecule has 0 aliphatic heterocycles. The van der Waals surface area contributed by atoms with E-state index in [-0.39, 0.29) is 20.5 Å². The van der Waals surface area contributed by atoms with Crippen LogP contribution in [0.2, 0.25) is 5.02 Å². The van der Waals surface area contributed by atoms with Gasteiger partial charge in [-0.2, -0.15) is 5.10 Å². The van der Waals surface area contributed by atoms with Crippen molar-refractivity contribution in [3.05, 3.63) is 46.5 Å². The summed E-state index contributed by atoms with van der Waals surface area (Å²) in [4.78, 5) is 6.29. The topological polar surface area (TPSA) is 67.6 Å². The number of nitrogens with zero attached hydrogens (tertiary/aromatic N) is 4. The number of thioether (sulfide) groups is 1. The van der Waals surface area contributed by atoms with Gasteiger partial charge in [-0.25, -0.2) is 22.3 Å². The molecule has 0 bridgehead atoms. The van der Waals surface area contributed by atoms with Crippen LogP contribution in [-0.2, 0) is 16.4 Å². The Bertz CT molecular complexity index is 1130. The third kappa shape index (κ3) is 3.69. The lowest BCUT2D eigenvalue weighted by Gasteiger charge is -2.12. The Hall–Kier alpha value is -1.68. The highest BCUT2D eigenvalue weighted by Crippen LogP contribution is 2.34. The first kappa shape index (κ1) is 20.1. The van der Waals surface area contributed by atoms with Crippen LogP contribution in [0.5, 0.6) is 0 Å². The number of hydrogen-bond acceptors (Lipinski definition) is 6. The minimum absolute atomic E-state index is 0.00128. The molecular weight excluding hydrogens is 411 g/mol. The van der Waals surface area contributed by atoms with E-state index < -0.39 is 15.7 Å². The van der Waals surface area contributed by atoms with Crippen LogP contribution in [-0.4, -0.2) is 48.3 Å². The molecule has 1 aromatic carbocycles.